The lowest BCUT2D eigenvalue weighted by Gasteiger charge is -2.23. The molecule has 0 saturated carbocycles. The van der Waals surface area contributed by atoms with E-state index < -0.39 is 0 Å². The van der Waals surface area contributed by atoms with Gasteiger partial charge >= 0.3 is 0 Å². The third-order valence-electron chi connectivity index (χ3n) is 4.61. The Bertz CT molecular complexity index is 569. The molecule has 2 aliphatic rings. The highest BCUT2D eigenvalue weighted by Gasteiger charge is 2.28. The molecule has 1 aromatic rings. The van der Waals surface area contributed by atoms with Crippen LogP contribution in [0.1, 0.15) is 29.7 Å². The summed E-state index contributed by atoms with van der Waals surface area (Å²) in [4.78, 5) is 9.34. The molecular formula is C15H23N5O. The van der Waals surface area contributed by atoms with Gasteiger partial charge in [0.15, 0.2) is 5.84 Å². The predicted octanol–water partition coefficient (Wildman–Crippen LogP) is 0.805. The quantitative estimate of drug-likeness (QED) is 0.372. The molecule has 1 aliphatic heterocycles. The number of amidine groups is 1. The molecule has 21 heavy (non-hydrogen) atoms. The summed E-state index contributed by atoms with van der Waals surface area (Å²) >= 11 is 0. The molecule has 1 aliphatic carbocycles. The van der Waals surface area contributed by atoms with E-state index in [1.165, 1.54) is 11.3 Å². The standard InChI is InChI=1S/C15H23N5O/c1-19(2)11-6-7-20(9-11)15-12(14(16)18-21)8-10-4-3-5-13(10)17-15/h8,11,21H,3-7,9H2,1-2H3,(H2,16,18). The van der Waals surface area contributed by atoms with E-state index >= 15 is 0 Å². The minimum atomic E-state index is 0.153. The van der Waals surface area contributed by atoms with Crippen LogP contribution in [0.5, 0.6) is 0 Å². The first-order valence-corrected chi connectivity index (χ1v) is 7.52. The zero-order chi connectivity index (χ0) is 15.0. The number of anilines is 1. The lowest BCUT2D eigenvalue weighted by Crippen LogP contribution is -2.33. The van der Waals surface area contributed by atoms with Crippen molar-refractivity contribution in [3.05, 3.63) is 22.9 Å². The van der Waals surface area contributed by atoms with Gasteiger partial charge in [0.25, 0.3) is 0 Å². The average Bonchev–Trinajstić information content (AvgIpc) is 3.13. The van der Waals surface area contributed by atoms with Crippen molar-refractivity contribution < 1.29 is 5.21 Å². The first kappa shape index (κ1) is 14.1. The molecule has 1 fully saturated rings. The number of hydrogen-bond donors (Lipinski definition) is 2. The van der Waals surface area contributed by atoms with E-state index in [9.17, 15) is 0 Å². The van der Waals surface area contributed by atoms with Crippen LogP contribution in [0.15, 0.2) is 11.2 Å². The Balaban J connectivity index is 1.97. The smallest absolute Gasteiger partial charge is 0.173 e. The van der Waals surface area contributed by atoms with Crippen LogP contribution >= 0.6 is 0 Å². The minimum absolute atomic E-state index is 0.153. The summed E-state index contributed by atoms with van der Waals surface area (Å²) in [6.07, 6.45) is 4.32. The summed E-state index contributed by atoms with van der Waals surface area (Å²) in [6, 6.07) is 2.59. The molecule has 0 radical (unpaired) electrons. The van der Waals surface area contributed by atoms with Gasteiger partial charge in [-0.3, -0.25) is 0 Å². The van der Waals surface area contributed by atoms with E-state index in [1.54, 1.807) is 0 Å². The number of pyridine rings is 1. The van der Waals surface area contributed by atoms with Crippen LogP contribution in [0.2, 0.25) is 0 Å². The second-order valence-corrected chi connectivity index (χ2v) is 6.16. The topological polar surface area (TPSA) is 78.0 Å². The minimum Gasteiger partial charge on any atom is -0.409 e. The summed E-state index contributed by atoms with van der Waals surface area (Å²) in [7, 11) is 4.21. The molecule has 1 aromatic heterocycles. The largest absolute Gasteiger partial charge is 0.409 e. The summed E-state index contributed by atoms with van der Waals surface area (Å²) in [6.45, 7) is 1.89. The van der Waals surface area contributed by atoms with Gasteiger partial charge in [0, 0.05) is 24.8 Å². The second-order valence-electron chi connectivity index (χ2n) is 6.16. The monoisotopic (exact) mass is 289 g/mol. The average molecular weight is 289 g/mol. The summed E-state index contributed by atoms with van der Waals surface area (Å²) in [5, 5.41) is 12.2. The van der Waals surface area contributed by atoms with Crippen LogP contribution in [0.3, 0.4) is 0 Å². The van der Waals surface area contributed by atoms with Crippen LogP contribution in [-0.4, -0.2) is 54.2 Å². The Labute approximate surface area is 125 Å². The molecule has 1 unspecified atom stereocenters. The zero-order valence-corrected chi connectivity index (χ0v) is 12.7. The molecule has 1 saturated heterocycles. The molecular weight excluding hydrogens is 266 g/mol. The van der Waals surface area contributed by atoms with Gasteiger partial charge in [0.2, 0.25) is 0 Å². The number of nitrogens with zero attached hydrogens (tertiary/aromatic N) is 4. The van der Waals surface area contributed by atoms with Crippen molar-refractivity contribution >= 4 is 11.7 Å². The third-order valence-corrected chi connectivity index (χ3v) is 4.61. The highest BCUT2D eigenvalue weighted by molar-refractivity contribution is 6.01. The van der Waals surface area contributed by atoms with Gasteiger partial charge < -0.3 is 20.7 Å². The van der Waals surface area contributed by atoms with E-state index in [1.807, 2.05) is 0 Å². The van der Waals surface area contributed by atoms with Crippen molar-refractivity contribution in [2.45, 2.75) is 31.7 Å². The van der Waals surface area contributed by atoms with Crippen molar-refractivity contribution in [1.29, 1.82) is 0 Å². The maximum Gasteiger partial charge on any atom is 0.173 e. The first-order chi connectivity index (χ1) is 10.1. The number of hydrogen-bond acceptors (Lipinski definition) is 5. The van der Waals surface area contributed by atoms with Crippen molar-refractivity contribution in [3.8, 4) is 0 Å². The number of oxime groups is 1. The van der Waals surface area contributed by atoms with Crippen LogP contribution in [-0.2, 0) is 12.8 Å². The zero-order valence-electron chi connectivity index (χ0n) is 12.7. The van der Waals surface area contributed by atoms with Crippen LogP contribution in [0.25, 0.3) is 0 Å². The number of rotatable bonds is 3. The number of likely N-dealkylation sites (N-methyl/N-ethyl adjacent to an activating group) is 1. The molecule has 0 spiro atoms. The lowest BCUT2D eigenvalue weighted by molar-refractivity contribution is 0.315. The maximum atomic E-state index is 9.05. The Morgan fingerprint density at radius 3 is 2.95 bits per heavy atom. The normalized spacial score (nSPS) is 22.1. The van der Waals surface area contributed by atoms with Crippen molar-refractivity contribution in [2.75, 3.05) is 32.1 Å². The van der Waals surface area contributed by atoms with E-state index in [2.05, 4.69) is 35.1 Å². The van der Waals surface area contributed by atoms with Gasteiger partial charge in [0.05, 0.1) is 5.56 Å². The Morgan fingerprint density at radius 2 is 2.29 bits per heavy atom. The predicted molar refractivity (Wildman–Crippen MR) is 83.1 cm³/mol. The Morgan fingerprint density at radius 1 is 1.48 bits per heavy atom. The summed E-state index contributed by atoms with van der Waals surface area (Å²) < 4.78 is 0. The van der Waals surface area contributed by atoms with Crippen LogP contribution in [0.4, 0.5) is 5.82 Å². The fourth-order valence-electron chi connectivity index (χ4n) is 3.30. The number of aromatic nitrogens is 1. The lowest BCUT2D eigenvalue weighted by atomic mass is 10.1. The fourth-order valence-corrected chi connectivity index (χ4v) is 3.30. The highest BCUT2D eigenvalue weighted by atomic mass is 16.4. The molecule has 3 N–H and O–H groups in total. The van der Waals surface area contributed by atoms with Crippen LogP contribution in [0, 0.1) is 0 Å². The van der Waals surface area contributed by atoms with Gasteiger partial charge in [-0.2, -0.15) is 0 Å². The molecule has 2 heterocycles. The molecule has 6 heteroatoms. The third kappa shape index (κ3) is 2.55. The van der Waals surface area contributed by atoms with E-state index in [0.717, 1.165) is 50.2 Å². The Hall–Kier alpha value is -1.82. The summed E-state index contributed by atoms with van der Waals surface area (Å²) in [5.41, 5.74) is 9.05. The molecule has 114 valence electrons. The van der Waals surface area contributed by atoms with Gasteiger partial charge in [-0.15, -0.1) is 0 Å². The maximum absolute atomic E-state index is 9.05. The number of nitrogens with two attached hydrogens (primary N) is 1. The molecule has 0 bridgehead atoms. The van der Waals surface area contributed by atoms with Gasteiger partial charge in [-0.25, -0.2) is 4.98 Å². The van der Waals surface area contributed by atoms with E-state index in [-0.39, 0.29) is 5.84 Å². The van der Waals surface area contributed by atoms with Crippen LogP contribution < -0.4 is 10.6 Å². The second kappa shape index (κ2) is 5.52. The van der Waals surface area contributed by atoms with E-state index in [0.29, 0.717) is 6.04 Å². The number of fused-ring (bicyclic) bond motifs is 1. The van der Waals surface area contributed by atoms with E-state index in [4.69, 9.17) is 15.9 Å². The van der Waals surface area contributed by atoms with Gasteiger partial charge in [-0.1, -0.05) is 5.16 Å². The first-order valence-electron chi connectivity index (χ1n) is 7.52. The number of aryl methyl sites for hydroxylation is 2. The van der Waals surface area contributed by atoms with Crippen molar-refractivity contribution in [2.24, 2.45) is 10.9 Å². The molecule has 0 aromatic carbocycles. The molecule has 0 amide bonds. The molecule has 1 atom stereocenters. The van der Waals surface area contributed by atoms with Gasteiger partial charge in [0.1, 0.15) is 5.82 Å². The highest BCUT2D eigenvalue weighted by Crippen LogP contribution is 2.29. The fraction of sp³-hybridized carbons (Fsp3) is 0.600. The van der Waals surface area contributed by atoms with Crippen molar-refractivity contribution in [3.63, 3.8) is 0 Å². The molecule has 3 rings (SSSR count). The molecule has 6 nitrogen and oxygen atoms in total. The van der Waals surface area contributed by atoms with Gasteiger partial charge in [-0.05, 0) is 51.4 Å². The Kier molecular flexibility index (Phi) is 3.71. The van der Waals surface area contributed by atoms with Crippen molar-refractivity contribution in [1.82, 2.24) is 9.88 Å². The summed E-state index contributed by atoms with van der Waals surface area (Å²) in [5.74, 6) is 1.02. The SMILES string of the molecule is CN(C)C1CCN(c2nc3c(cc2C(N)=NO)CCC3)C1.